The number of ether oxygens (including phenoxy) is 1. The molecule has 1 aliphatic heterocycles. The van der Waals surface area contributed by atoms with Crippen LogP contribution in [0.15, 0.2) is 79.1 Å². The van der Waals surface area contributed by atoms with Gasteiger partial charge in [0.1, 0.15) is 0 Å². The minimum Gasteiger partial charge on any atom is -0.466 e. The molecule has 33 heavy (non-hydrogen) atoms. The molecule has 166 valence electrons. The maximum atomic E-state index is 14.7. The van der Waals surface area contributed by atoms with E-state index in [4.69, 9.17) is 4.74 Å². The number of amides is 1. The van der Waals surface area contributed by atoms with E-state index in [1.165, 1.54) is 4.90 Å². The summed E-state index contributed by atoms with van der Waals surface area (Å²) in [7, 11) is 0. The first-order valence-electron chi connectivity index (χ1n) is 10.6. The Morgan fingerprint density at radius 2 is 1.82 bits per heavy atom. The minimum absolute atomic E-state index is 0.0666. The summed E-state index contributed by atoms with van der Waals surface area (Å²) in [4.78, 5) is 27.3. The Labute approximate surface area is 188 Å². The maximum absolute atomic E-state index is 14.7. The van der Waals surface area contributed by atoms with Gasteiger partial charge in [0.05, 0.1) is 12.1 Å². The molecule has 8 heteroatoms. The van der Waals surface area contributed by atoms with Crippen molar-refractivity contribution in [1.29, 1.82) is 0 Å². The summed E-state index contributed by atoms with van der Waals surface area (Å²) < 4.78 is 35.0. The first-order chi connectivity index (χ1) is 16.0. The summed E-state index contributed by atoms with van der Waals surface area (Å²) in [5.41, 5.74) is 1.71. The lowest BCUT2D eigenvalue weighted by molar-refractivity contribution is -0.131. The number of para-hydroxylation sites is 1. The molecule has 1 aliphatic rings. The van der Waals surface area contributed by atoms with Gasteiger partial charge in [-0.2, -0.15) is 0 Å². The van der Waals surface area contributed by atoms with Crippen LogP contribution in [0.25, 0.3) is 22.3 Å². The number of nitrogens with zero attached hydrogens (tertiary/aromatic N) is 4. The molecule has 6 nitrogen and oxygen atoms in total. The van der Waals surface area contributed by atoms with Crippen LogP contribution >= 0.6 is 0 Å². The zero-order chi connectivity index (χ0) is 22.8. The molecule has 1 saturated heterocycles. The number of rotatable bonds is 4. The molecule has 0 bridgehead atoms. The Hall–Kier alpha value is -3.94. The molecule has 0 N–H and O–H groups in total. The molecule has 0 aliphatic carbocycles. The van der Waals surface area contributed by atoms with Crippen molar-refractivity contribution in [1.82, 2.24) is 19.9 Å². The van der Waals surface area contributed by atoms with Gasteiger partial charge in [-0.25, -0.2) is 23.7 Å². The van der Waals surface area contributed by atoms with Crippen molar-refractivity contribution in [2.75, 3.05) is 13.1 Å². The fraction of sp³-hybridized carbons (Fsp3) is 0.200. The van der Waals surface area contributed by atoms with Crippen molar-refractivity contribution in [3.63, 3.8) is 0 Å². The lowest BCUT2D eigenvalue weighted by Crippen LogP contribution is -2.55. The van der Waals surface area contributed by atoms with Gasteiger partial charge in [-0.05, 0) is 30.3 Å². The van der Waals surface area contributed by atoms with Gasteiger partial charge in [0, 0.05) is 47.9 Å². The fourth-order valence-electron chi connectivity index (χ4n) is 3.86. The number of piperidine rings is 1. The Kier molecular flexibility index (Phi) is 5.42. The molecule has 3 heterocycles. The van der Waals surface area contributed by atoms with Crippen molar-refractivity contribution in [3.8, 4) is 17.3 Å². The highest BCUT2D eigenvalue weighted by atomic mass is 19.3. The highest BCUT2D eigenvalue weighted by Gasteiger charge is 2.47. The number of fused-ring (bicyclic) bond motifs is 1. The first kappa shape index (κ1) is 20.9. The minimum atomic E-state index is -3.08. The van der Waals surface area contributed by atoms with Crippen LogP contribution in [-0.2, 0) is 0 Å². The van der Waals surface area contributed by atoms with Gasteiger partial charge < -0.3 is 9.64 Å². The average Bonchev–Trinajstić information content (AvgIpc) is 2.85. The van der Waals surface area contributed by atoms with E-state index in [0.717, 1.165) is 5.39 Å². The topological polar surface area (TPSA) is 68.2 Å². The van der Waals surface area contributed by atoms with E-state index in [0.29, 0.717) is 22.5 Å². The van der Waals surface area contributed by atoms with Crippen LogP contribution in [0.1, 0.15) is 16.8 Å². The quantitative estimate of drug-likeness (QED) is 0.458. The highest BCUT2D eigenvalue weighted by Crippen LogP contribution is 2.32. The van der Waals surface area contributed by atoms with Crippen LogP contribution in [0.4, 0.5) is 8.78 Å². The number of hydrogen-bond acceptors (Lipinski definition) is 5. The van der Waals surface area contributed by atoms with Crippen molar-refractivity contribution >= 4 is 16.8 Å². The second kappa shape index (κ2) is 8.54. The molecule has 0 spiro atoms. The van der Waals surface area contributed by atoms with E-state index < -0.39 is 18.4 Å². The molecule has 2 aromatic heterocycles. The van der Waals surface area contributed by atoms with Gasteiger partial charge in [-0.15, -0.1) is 0 Å². The van der Waals surface area contributed by atoms with Gasteiger partial charge in [-0.1, -0.05) is 30.3 Å². The van der Waals surface area contributed by atoms with Gasteiger partial charge in [0.2, 0.25) is 5.88 Å². The summed E-state index contributed by atoms with van der Waals surface area (Å²) in [5, 5.41) is 0.888. The van der Waals surface area contributed by atoms with Crippen molar-refractivity contribution in [3.05, 3.63) is 84.7 Å². The van der Waals surface area contributed by atoms with Gasteiger partial charge in [0.25, 0.3) is 11.8 Å². The standard InChI is InChI=1S/C25H20F2N4O2/c26-25(27)11-14-31(16-21(25)33-22-10-9-17-5-1-2-8-20(17)30-22)24(32)19-7-3-6-18(15-19)23-28-12-4-13-29-23/h1-10,12-13,15,21H,11,14,16H2/t21-/m0/s1. The number of carbonyl (C=O) groups excluding carboxylic acids is 1. The number of aromatic nitrogens is 3. The molecule has 0 unspecified atom stereocenters. The van der Waals surface area contributed by atoms with Gasteiger partial charge in [0.15, 0.2) is 11.9 Å². The zero-order valence-electron chi connectivity index (χ0n) is 17.6. The van der Waals surface area contributed by atoms with Crippen LogP contribution in [0.2, 0.25) is 0 Å². The number of benzene rings is 2. The lowest BCUT2D eigenvalue weighted by atomic mass is 10.0. The van der Waals surface area contributed by atoms with Crippen LogP contribution < -0.4 is 4.74 Å². The third-order valence-electron chi connectivity index (χ3n) is 5.63. The fourth-order valence-corrected chi connectivity index (χ4v) is 3.86. The van der Waals surface area contributed by atoms with E-state index >= 15 is 0 Å². The number of alkyl halides is 2. The molecular weight excluding hydrogens is 426 g/mol. The molecule has 0 radical (unpaired) electrons. The smallest absolute Gasteiger partial charge is 0.287 e. The van der Waals surface area contributed by atoms with Crippen LogP contribution in [0, 0.1) is 0 Å². The third-order valence-corrected chi connectivity index (χ3v) is 5.63. The molecular formula is C25H20F2N4O2. The normalized spacial score (nSPS) is 17.6. The SMILES string of the molecule is O=C(c1cccc(-c2ncccn2)c1)N1CCC(F)(F)[C@@H](Oc2ccc3ccccc3n2)C1. The van der Waals surface area contributed by atoms with E-state index in [2.05, 4.69) is 15.0 Å². The predicted molar refractivity (Wildman–Crippen MR) is 119 cm³/mol. The maximum Gasteiger partial charge on any atom is 0.287 e. The number of likely N-dealkylation sites (tertiary alicyclic amines) is 1. The van der Waals surface area contributed by atoms with E-state index in [9.17, 15) is 13.6 Å². The molecule has 0 saturated carbocycles. The summed E-state index contributed by atoms with van der Waals surface area (Å²) in [5.74, 6) is -2.83. The Bertz CT molecular complexity index is 1300. The third kappa shape index (κ3) is 4.37. The van der Waals surface area contributed by atoms with Crippen molar-refractivity contribution in [2.45, 2.75) is 18.4 Å². The van der Waals surface area contributed by atoms with Crippen LogP contribution in [-0.4, -0.2) is 50.9 Å². The van der Waals surface area contributed by atoms with E-state index in [1.54, 1.807) is 60.9 Å². The zero-order valence-corrected chi connectivity index (χ0v) is 17.6. The molecule has 2 aromatic carbocycles. The Morgan fingerprint density at radius 3 is 2.67 bits per heavy atom. The summed E-state index contributed by atoms with van der Waals surface area (Å²) in [6.45, 7) is -0.310. The number of pyridine rings is 1. The monoisotopic (exact) mass is 446 g/mol. The summed E-state index contributed by atoms with van der Waals surface area (Å²) in [6, 6.07) is 19.3. The number of halogens is 2. The summed E-state index contributed by atoms with van der Waals surface area (Å²) >= 11 is 0. The van der Waals surface area contributed by atoms with Crippen molar-refractivity contribution in [2.24, 2.45) is 0 Å². The molecule has 1 fully saturated rings. The molecule has 1 amide bonds. The summed E-state index contributed by atoms with van der Waals surface area (Å²) in [6.07, 6.45) is 1.25. The van der Waals surface area contributed by atoms with Crippen LogP contribution in [0.3, 0.4) is 0 Å². The predicted octanol–water partition coefficient (Wildman–Crippen LogP) is 4.62. The average molecular weight is 446 g/mol. The van der Waals surface area contributed by atoms with Crippen molar-refractivity contribution < 1.29 is 18.3 Å². The number of carbonyl (C=O) groups is 1. The lowest BCUT2D eigenvalue weighted by Gasteiger charge is -2.38. The number of hydrogen-bond donors (Lipinski definition) is 0. The second-order valence-electron chi connectivity index (χ2n) is 7.86. The van der Waals surface area contributed by atoms with Gasteiger partial charge in [-0.3, -0.25) is 4.79 Å². The Morgan fingerprint density at radius 1 is 1.00 bits per heavy atom. The first-order valence-corrected chi connectivity index (χ1v) is 10.6. The second-order valence-corrected chi connectivity index (χ2v) is 7.86. The van der Waals surface area contributed by atoms with E-state index in [-0.39, 0.29) is 24.9 Å². The van der Waals surface area contributed by atoms with Gasteiger partial charge >= 0.3 is 0 Å². The van der Waals surface area contributed by atoms with E-state index in [1.807, 2.05) is 18.2 Å². The van der Waals surface area contributed by atoms with Crippen LogP contribution in [0.5, 0.6) is 5.88 Å². The highest BCUT2D eigenvalue weighted by molar-refractivity contribution is 5.95. The largest absolute Gasteiger partial charge is 0.466 e. The molecule has 1 atom stereocenters. The molecule has 4 aromatic rings. The molecule has 5 rings (SSSR count). The Balaban J connectivity index is 1.36.